The maximum absolute atomic E-state index is 12.6. The number of hydrazone groups is 1. The summed E-state index contributed by atoms with van der Waals surface area (Å²) in [5, 5.41) is 15.0. The molecular weight excluding hydrogens is 356 g/mol. The number of hydrogen-bond donors (Lipinski definition) is 1. The summed E-state index contributed by atoms with van der Waals surface area (Å²) in [5.41, 5.74) is 1.29. The van der Waals surface area contributed by atoms with Gasteiger partial charge in [0, 0.05) is 11.1 Å². The SMILES string of the molecule is COc1ccccc1C=C1SC(=S)N(N=Cc2ccccc2O)C1=O. The van der Waals surface area contributed by atoms with Crippen LogP contribution in [0.3, 0.4) is 0 Å². The number of rotatable bonds is 4. The van der Waals surface area contributed by atoms with Crippen molar-refractivity contribution in [1.29, 1.82) is 0 Å². The highest BCUT2D eigenvalue weighted by Gasteiger charge is 2.32. The number of hydrogen-bond acceptors (Lipinski definition) is 6. The number of nitrogens with zero attached hydrogens (tertiary/aromatic N) is 2. The maximum Gasteiger partial charge on any atom is 0.286 e. The predicted octanol–water partition coefficient (Wildman–Crippen LogP) is 3.64. The maximum atomic E-state index is 12.6. The number of phenols is 1. The van der Waals surface area contributed by atoms with E-state index in [0.717, 1.165) is 10.6 Å². The zero-order valence-electron chi connectivity index (χ0n) is 13.2. The van der Waals surface area contributed by atoms with Gasteiger partial charge in [-0.05, 0) is 36.5 Å². The van der Waals surface area contributed by atoms with Crippen LogP contribution in [0.25, 0.3) is 6.08 Å². The monoisotopic (exact) mass is 370 g/mol. The van der Waals surface area contributed by atoms with E-state index in [2.05, 4.69) is 5.10 Å². The molecule has 1 aliphatic rings. The third-order valence-corrected chi connectivity index (χ3v) is 4.73. The number of phenolic OH excluding ortho intramolecular Hbond substituents is 1. The number of aromatic hydroxyl groups is 1. The number of carbonyl (C=O) groups excluding carboxylic acids is 1. The molecule has 126 valence electrons. The summed E-state index contributed by atoms with van der Waals surface area (Å²) >= 11 is 6.41. The highest BCUT2D eigenvalue weighted by atomic mass is 32.2. The quantitative estimate of drug-likeness (QED) is 0.506. The van der Waals surface area contributed by atoms with E-state index in [1.54, 1.807) is 37.5 Å². The lowest BCUT2D eigenvalue weighted by Crippen LogP contribution is -2.22. The first-order chi connectivity index (χ1) is 12.1. The van der Waals surface area contributed by atoms with Crippen LogP contribution in [-0.2, 0) is 4.79 Å². The van der Waals surface area contributed by atoms with Crippen LogP contribution < -0.4 is 4.74 Å². The number of para-hydroxylation sites is 2. The van der Waals surface area contributed by atoms with Gasteiger partial charge in [0.15, 0.2) is 4.32 Å². The Labute approximate surface area is 154 Å². The first kappa shape index (κ1) is 17.2. The second-order valence-corrected chi connectivity index (χ2v) is 6.71. The van der Waals surface area contributed by atoms with Crippen molar-refractivity contribution in [2.75, 3.05) is 7.11 Å². The van der Waals surface area contributed by atoms with Gasteiger partial charge in [0.1, 0.15) is 11.5 Å². The van der Waals surface area contributed by atoms with Gasteiger partial charge in [-0.3, -0.25) is 4.79 Å². The highest BCUT2D eigenvalue weighted by Crippen LogP contribution is 2.34. The lowest BCUT2D eigenvalue weighted by Gasteiger charge is -2.07. The molecule has 2 aromatic carbocycles. The molecule has 0 bridgehead atoms. The number of ether oxygens (including phenoxy) is 1. The fourth-order valence-corrected chi connectivity index (χ4v) is 3.37. The first-order valence-corrected chi connectivity index (χ1v) is 8.55. The number of benzene rings is 2. The normalized spacial score (nSPS) is 16.2. The third-order valence-electron chi connectivity index (χ3n) is 3.45. The topological polar surface area (TPSA) is 62.1 Å². The Morgan fingerprint density at radius 3 is 2.56 bits per heavy atom. The molecule has 2 aromatic rings. The standard InChI is InChI=1S/C18H14N2O3S2/c1-23-15-9-5-3-6-12(15)10-16-17(22)20(18(24)25-16)19-11-13-7-2-4-8-14(13)21/h2-11,21H,1H3. The van der Waals surface area contributed by atoms with Gasteiger partial charge < -0.3 is 9.84 Å². The molecule has 1 N–H and O–H groups in total. The summed E-state index contributed by atoms with van der Waals surface area (Å²) in [6.45, 7) is 0. The average molecular weight is 370 g/mol. The molecule has 0 unspecified atom stereocenters. The van der Waals surface area contributed by atoms with Crippen molar-refractivity contribution in [1.82, 2.24) is 5.01 Å². The summed E-state index contributed by atoms with van der Waals surface area (Å²) < 4.78 is 5.63. The van der Waals surface area contributed by atoms with Gasteiger partial charge in [-0.15, -0.1) is 0 Å². The molecule has 0 atom stereocenters. The van der Waals surface area contributed by atoms with Gasteiger partial charge in [-0.2, -0.15) is 10.1 Å². The van der Waals surface area contributed by atoms with E-state index in [-0.39, 0.29) is 11.7 Å². The lowest BCUT2D eigenvalue weighted by molar-refractivity contribution is -0.122. The van der Waals surface area contributed by atoms with Crippen molar-refractivity contribution in [2.45, 2.75) is 0 Å². The van der Waals surface area contributed by atoms with E-state index in [1.807, 2.05) is 24.3 Å². The van der Waals surface area contributed by atoms with Gasteiger partial charge in [0.05, 0.1) is 18.2 Å². The second kappa shape index (κ2) is 7.50. The zero-order chi connectivity index (χ0) is 17.8. The minimum atomic E-state index is -0.312. The van der Waals surface area contributed by atoms with Crippen LogP contribution in [0.1, 0.15) is 11.1 Å². The fraction of sp³-hybridized carbons (Fsp3) is 0.0556. The number of amides is 1. The summed E-state index contributed by atoms with van der Waals surface area (Å²) in [5.74, 6) is 0.444. The molecule has 0 aliphatic carbocycles. The molecular formula is C18H14N2O3S2. The molecule has 7 heteroatoms. The molecule has 0 saturated carbocycles. The molecule has 0 spiro atoms. The Balaban J connectivity index is 1.85. The van der Waals surface area contributed by atoms with Crippen LogP contribution in [0.5, 0.6) is 11.5 Å². The Kier molecular flexibility index (Phi) is 5.16. The van der Waals surface area contributed by atoms with Gasteiger partial charge in [-0.25, -0.2) is 0 Å². The first-order valence-electron chi connectivity index (χ1n) is 7.33. The summed E-state index contributed by atoms with van der Waals surface area (Å²) in [7, 11) is 1.58. The van der Waals surface area contributed by atoms with Crippen molar-refractivity contribution in [3.8, 4) is 11.5 Å². The van der Waals surface area contributed by atoms with E-state index in [4.69, 9.17) is 17.0 Å². The molecule has 1 heterocycles. The summed E-state index contributed by atoms with van der Waals surface area (Å²) in [4.78, 5) is 13.0. The van der Waals surface area contributed by atoms with Gasteiger partial charge in [0.2, 0.25) is 0 Å². The van der Waals surface area contributed by atoms with Crippen molar-refractivity contribution < 1.29 is 14.6 Å². The molecule has 3 rings (SSSR count). The smallest absolute Gasteiger partial charge is 0.286 e. The van der Waals surface area contributed by atoms with Crippen LogP contribution >= 0.6 is 24.0 Å². The molecule has 25 heavy (non-hydrogen) atoms. The largest absolute Gasteiger partial charge is 0.507 e. The fourth-order valence-electron chi connectivity index (χ4n) is 2.20. The van der Waals surface area contributed by atoms with Crippen LogP contribution in [0.4, 0.5) is 0 Å². The van der Waals surface area contributed by atoms with E-state index >= 15 is 0 Å². The molecule has 1 fully saturated rings. The molecule has 5 nitrogen and oxygen atoms in total. The number of thiocarbonyl (C=S) groups is 1. The molecule has 1 aliphatic heterocycles. The van der Waals surface area contributed by atoms with E-state index in [9.17, 15) is 9.90 Å². The van der Waals surface area contributed by atoms with E-state index in [1.165, 1.54) is 18.0 Å². The Morgan fingerprint density at radius 1 is 1.16 bits per heavy atom. The number of thioether (sulfide) groups is 1. The summed E-state index contributed by atoms with van der Waals surface area (Å²) in [6.07, 6.45) is 3.14. The Bertz CT molecular complexity index is 893. The highest BCUT2D eigenvalue weighted by molar-refractivity contribution is 8.26. The number of carbonyl (C=O) groups is 1. The molecule has 0 aromatic heterocycles. The van der Waals surface area contributed by atoms with Gasteiger partial charge in [0.25, 0.3) is 5.91 Å². The van der Waals surface area contributed by atoms with Crippen LogP contribution in [0.15, 0.2) is 58.5 Å². The average Bonchev–Trinajstić information content (AvgIpc) is 2.88. The van der Waals surface area contributed by atoms with Crippen molar-refractivity contribution in [3.63, 3.8) is 0 Å². The van der Waals surface area contributed by atoms with Crippen molar-refractivity contribution in [2.24, 2.45) is 5.10 Å². The van der Waals surface area contributed by atoms with E-state index in [0.29, 0.717) is 20.5 Å². The zero-order valence-corrected chi connectivity index (χ0v) is 14.9. The van der Waals surface area contributed by atoms with E-state index < -0.39 is 0 Å². The van der Waals surface area contributed by atoms with Crippen LogP contribution in [0.2, 0.25) is 0 Å². The van der Waals surface area contributed by atoms with Crippen LogP contribution in [-0.4, -0.2) is 33.7 Å². The van der Waals surface area contributed by atoms with Crippen molar-refractivity contribution >= 4 is 46.5 Å². The molecule has 0 radical (unpaired) electrons. The summed E-state index contributed by atoms with van der Waals surface area (Å²) in [6, 6.07) is 14.1. The minimum absolute atomic E-state index is 0.0845. The van der Waals surface area contributed by atoms with Crippen LogP contribution in [0, 0.1) is 0 Å². The lowest BCUT2D eigenvalue weighted by atomic mass is 10.2. The number of methoxy groups -OCH3 is 1. The minimum Gasteiger partial charge on any atom is -0.507 e. The van der Waals surface area contributed by atoms with Crippen molar-refractivity contribution in [3.05, 3.63) is 64.6 Å². The van der Waals surface area contributed by atoms with Gasteiger partial charge >= 0.3 is 0 Å². The molecule has 1 saturated heterocycles. The Hall–Kier alpha value is -2.64. The second-order valence-electron chi connectivity index (χ2n) is 5.04. The van der Waals surface area contributed by atoms with Gasteiger partial charge in [-0.1, -0.05) is 42.1 Å². The Morgan fingerprint density at radius 2 is 1.84 bits per heavy atom. The third kappa shape index (κ3) is 3.72. The molecule has 1 amide bonds. The predicted molar refractivity (Wildman–Crippen MR) is 104 cm³/mol.